The number of nitrogens with zero attached hydrogens (tertiary/aromatic N) is 2. The van der Waals surface area contributed by atoms with Crippen LogP contribution in [0.25, 0.3) is 0 Å². The number of rotatable bonds is 3. The third-order valence-corrected chi connectivity index (χ3v) is 5.98. The lowest BCUT2D eigenvalue weighted by molar-refractivity contribution is 0.243. The largest absolute Gasteiger partial charge is 0.328 e. The second-order valence-electron chi connectivity index (χ2n) is 5.71. The van der Waals surface area contributed by atoms with Gasteiger partial charge in [0.05, 0.1) is 16.5 Å². The zero-order valence-corrected chi connectivity index (χ0v) is 13.2. The van der Waals surface area contributed by atoms with Crippen molar-refractivity contribution >= 4 is 10.0 Å². The number of nitriles is 1. The zero-order chi connectivity index (χ0) is 15.6. The minimum Gasteiger partial charge on any atom is -0.328 e. The van der Waals surface area contributed by atoms with Gasteiger partial charge in [-0.2, -0.15) is 9.57 Å². The third kappa shape index (κ3) is 3.26. The maximum Gasteiger partial charge on any atom is 0.243 e. The van der Waals surface area contributed by atoms with E-state index in [0.717, 1.165) is 12.8 Å². The predicted molar refractivity (Wildman–Crippen MR) is 81.0 cm³/mol. The number of sulfonamides is 1. The second-order valence-corrected chi connectivity index (χ2v) is 7.65. The molecule has 21 heavy (non-hydrogen) atoms. The van der Waals surface area contributed by atoms with Crippen molar-refractivity contribution in [1.82, 2.24) is 4.31 Å². The molecule has 6 heteroatoms. The highest BCUT2D eigenvalue weighted by Gasteiger charge is 2.31. The molecule has 1 aliphatic heterocycles. The molecule has 5 nitrogen and oxygen atoms in total. The molecular weight excluding hydrogens is 286 g/mol. The zero-order valence-electron chi connectivity index (χ0n) is 12.4. The van der Waals surface area contributed by atoms with Crippen LogP contribution in [0.15, 0.2) is 23.1 Å². The van der Waals surface area contributed by atoms with Crippen molar-refractivity contribution < 1.29 is 8.42 Å². The average molecular weight is 307 g/mol. The quantitative estimate of drug-likeness (QED) is 0.919. The van der Waals surface area contributed by atoms with E-state index in [9.17, 15) is 8.42 Å². The summed E-state index contributed by atoms with van der Waals surface area (Å²) in [7, 11) is -3.51. The van der Waals surface area contributed by atoms with E-state index in [2.05, 4.69) is 6.07 Å². The second kappa shape index (κ2) is 6.14. The summed E-state index contributed by atoms with van der Waals surface area (Å²) >= 11 is 0. The molecule has 1 aromatic carbocycles. The lowest BCUT2D eigenvalue weighted by atomic mass is 9.93. The molecule has 1 fully saturated rings. The number of piperidine rings is 1. The van der Waals surface area contributed by atoms with Crippen LogP contribution in [-0.4, -0.2) is 31.9 Å². The van der Waals surface area contributed by atoms with Crippen LogP contribution in [0.4, 0.5) is 0 Å². The Balaban J connectivity index is 2.29. The van der Waals surface area contributed by atoms with E-state index in [-0.39, 0.29) is 16.9 Å². The number of hydrogen-bond acceptors (Lipinski definition) is 4. The molecule has 1 aromatic rings. The van der Waals surface area contributed by atoms with Crippen LogP contribution in [-0.2, 0) is 10.0 Å². The van der Waals surface area contributed by atoms with Gasteiger partial charge in [0.2, 0.25) is 10.0 Å². The van der Waals surface area contributed by atoms with E-state index < -0.39 is 10.0 Å². The van der Waals surface area contributed by atoms with Crippen molar-refractivity contribution in [1.29, 1.82) is 5.26 Å². The molecule has 0 radical (unpaired) electrons. The first kappa shape index (κ1) is 16.0. The topological polar surface area (TPSA) is 87.2 Å². The molecule has 0 saturated carbocycles. The van der Waals surface area contributed by atoms with Gasteiger partial charge in [0.1, 0.15) is 0 Å². The molecule has 2 atom stereocenters. The maximum absolute atomic E-state index is 12.7. The van der Waals surface area contributed by atoms with Gasteiger partial charge >= 0.3 is 0 Å². The van der Waals surface area contributed by atoms with E-state index >= 15 is 0 Å². The normalized spacial score (nSPS) is 21.7. The van der Waals surface area contributed by atoms with Gasteiger partial charge < -0.3 is 5.73 Å². The van der Waals surface area contributed by atoms with Crippen molar-refractivity contribution in [2.75, 3.05) is 13.1 Å². The third-order valence-electron chi connectivity index (χ3n) is 4.12. The Morgan fingerprint density at radius 1 is 1.48 bits per heavy atom. The molecule has 2 N–H and O–H groups in total. The van der Waals surface area contributed by atoms with Crippen molar-refractivity contribution in [3.05, 3.63) is 29.3 Å². The average Bonchev–Trinajstić information content (AvgIpc) is 2.47. The van der Waals surface area contributed by atoms with Crippen LogP contribution >= 0.6 is 0 Å². The molecule has 1 saturated heterocycles. The molecule has 0 bridgehead atoms. The van der Waals surface area contributed by atoms with Gasteiger partial charge in [-0.3, -0.25) is 0 Å². The summed E-state index contributed by atoms with van der Waals surface area (Å²) < 4.78 is 26.9. The molecule has 1 heterocycles. The van der Waals surface area contributed by atoms with Crippen LogP contribution < -0.4 is 5.73 Å². The summed E-state index contributed by atoms with van der Waals surface area (Å²) in [6.45, 7) is 4.68. The molecule has 1 aliphatic rings. The van der Waals surface area contributed by atoms with E-state index in [1.54, 1.807) is 19.1 Å². The van der Waals surface area contributed by atoms with Crippen LogP contribution in [0.3, 0.4) is 0 Å². The van der Waals surface area contributed by atoms with Crippen molar-refractivity contribution in [2.45, 2.75) is 37.6 Å². The van der Waals surface area contributed by atoms with Gasteiger partial charge in [-0.25, -0.2) is 8.42 Å². The Hall–Kier alpha value is -1.42. The first-order chi connectivity index (χ1) is 9.86. The minimum absolute atomic E-state index is 0.00861. The Morgan fingerprint density at radius 2 is 2.19 bits per heavy atom. The van der Waals surface area contributed by atoms with E-state index in [1.807, 2.05) is 6.92 Å². The summed E-state index contributed by atoms with van der Waals surface area (Å²) in [5.41, 5.74) is 7.10. The number of hydrogen-bond donors (Lipinski definition) is 1. The summed E-state index contributed by atoms with van der Waals surface area (Å²) in [5.74, 6) is 0.202. The van der Waals surface area contributed by atoms with Crippen LogP contribution in [0.5, 0.6) is 0 Å². The van der Waals surface area contributed by atoms with Crippen molar-refractivity contribution in [2.24, 2.45) is 11.7 Å². The predicted octanol–water partition coefficient (Wildman–Crippen LogP) is 1.61. The fourth-order valence-corrected chi connectivity index (χ4v) is 4.31. The Kier molecular flexibility index (Phi) is 4.67. The standard InChI is InChI=1S/C15H21N3O2S/c1-11-8-15(6-5-13(11)9-16)21(19,20)18-7-3-4-14(10-18)12(2)17/h5-6,8,12,14H,3-4,7,10,17H2,1-2H3. The fraction of sp³-hybridized carbons (Fsp3) is 0.533. The van der Waals surface area contributed by atoms with Gasteiger partial charge in [0.15, 0.2) is 0 Å². The fourth-order valence-electron chi connectivity index (χ4n) is 2.69. The highest BCUT2D eigenvalue weighted by atomic mass is 32.2. The van der Waals surface area contributed by atoms with E-state index in [1.165, 1.54) is 10.4 Å². The van der Waals surface area contributed by atoms with Gasteiger partial charge in [0, 0.05) is 19.1 Å². The van der Waals surface area contributed by atoms with Crippen LogP contribution in [0.2, 0.25) is 0 Å². The summed E-state index contributed by atoms with van der Waals surface area (Å²) in [6.07, 6.45) is 1.80. The molecule has 114 valence electrons. The van der Waals surface area contributed by atoms with E-state index in [0.29, 0.717) is 24.2 Å². The lowest BCUT2D eigenvalue weighted by Gasteiger charge is -2.33. The number of nitrogens with two attached hydrogens (primary N) is 1. The summed E-state index contributed by atoms with van der Waals surface area (Å²) in [6, 6.07) is 6.69. The van der Waals surface area contributed by atoms with Gasteiger partial charge in [-0.15, -0.1) is 0 Å². The van der Waals surface area contributed by atoms with E-state index in [4.69, 9.17) is 11.0 Å². The van der Waals surface area contributed by atoms with Crippen LogP contribution in [0.1, 0.15) is 30.9 Å². The van der Waals surface area contributed by atoms with Gasteiger partial charge in [-0.1, -0.05) is 0 Å². The van der Waals surface area contributed by atoms with Gasteiger partial charge in [-0.05, 0) is 56.4 Å². The number of aryl methyl sites for hydroxylation is 1. The van der Waals surface area contributed by atoms with Crippen molar-refractivity contribution in [3.63, 3.8) is 0 Å². The maximum atomic E-state index is 12.7. The molecule has 2 unspecified atom stereocenters. The molecular formula is C15H21N3O2S. The highest BCUT2D eigenvalue weighted by Crippen LogP contribution is 2.26. The van der Waals surface area contributed by atoms with Crippen LogP contribution in [0, 0.1) is 24.2 Å². The molecule has 2 rings (SSSR count). The SMILES string of the molecule is Cc1cc(S(=O)(=O)N2CCCC(C(C)N)C2)ccc1C#N. The van der Waals surface area contributed by atoms with Gasteiger partial charge in [0.25, 0.3) is 0 Å². The molecule has 0 spiro atoms. The smallest absolute Gasteiger partial charge is 0.243 e. The lowest BCUT2D eigenvalue weighted by Crippen LogP contribution is -2.44. The monoisotopic (exact) mass is 307 g/mol. The minimum atomic E-state index is -3.51. The molecule has 0 aliphatic carbocycles. The highest BCUT2D eigenvalue weighted by molar-refractivity contribution is 7.89. The Bertz CT molecular complexity index is 662. The first-order valence-electron chi connectivity index (χ1n) is 7.12. The summed E-state index contributed by atoms with van der Waals surface area (Å²) in [4.78, 5) is 0.254. The van der Waals surface area contributed by atoms with Crippen molar-refractivity contribution in [3.8, 4) is 6.07 Å². The Labute approximate surface area is 126 Å². The summed E-state index contributed by atoms with van der Waals surface area (Å²) in [5, 5.41) is 8.93. The first-order valence-corrected chi connectivity index (χ1v) is 8.56. The molecule has 0 amide bonds. The molecule has 0 aromatic heterocycles. The number of benzene rings is 1. The Morgan fingerprint density at radius 3 is 2.76 bits per heavy atom.